The van der Waals surface area contributed by atoms with Gasteiger partial charge in [-0.2, -0.15) is 0 Å². The quantitative estimate of drug-likeness (QED) is 0.948. The number of methoxy groups -OCH3 is 1. The van der Waals surface area contributed by atoms with Crippen molar-refractivity contribution < 1.29 is 9.53 Å². The first kappa shape index (κ1) is 15.3. The Morgan fingerprint density at radius 1 is 1.30 bits per heavy atom. The molecule has 1 aromatic carbocycles. The van der Waals surface area contributed by atoms with E-state index in [1.807, 2.05) is 24.3 Å². The maximum atomic E-state index is 12.9. The Balaban J connectivity index is 1.97. The number of nitrogens with one attached hydrogen (secondary N) is 1. The molecule has 0 aliphatic carbocycles. The monoisotopic (exact) mass is 312 g/mol. The van der Waals surface area contributed by atoms with Crippen LogP contribution in [0.1, 0.15) is 40.4 Å². The van der Waals surface area contributed by atoms with Gasteiger partial charge in [-0.05, 0) is 25.8 Å². The summed E-state index contributed by atoms with van der Waals surface area (Å²) in [6.07, 6.45) is 4.89. The second-order valence-electron chi connectivity index (χ2n) is 5.78. The van der Waals surface area contributed by atoms with Gasteiger partial charge < -0.3 is 14.6 Å². The van der Waals surface area contributed by atoms with Gasteiger partial charge in [-0.25, -0.2) is 0 Å². The zero-order chi connectivity index (χ0) is 16.4. The average molecular weight is 312 g/mol. The van der Waals surface area contributed by atoms with Gasteiger partial charge in [0.25, 0.3) is 5.91 Å². The molecule has 5 nitrogen and oxygen atoms in total. The van der Waals surface area contributed by atoms with Crippen molar-refractivity contribution in [1.29, 1.82) is 0 Å². The van der Waals surface area contributed by atoms with Crippen LogP contribution in [0.5, 0.6) is 5.75 Å². The van der Waals surface area contributed by atoms with E-state index >= 15 is 0 Å². The number of likely N-dealkylation sites (tertiary alicyclic amines) is 1. The van der Waals surface area contributed by atoms with Crippen molar-refractivity contribution in [3.05, 3.63) is 63.6 Å². The second kappa shape index (κ2) is 6.28. The highest BCUT2D eigenvalue weighted by Crippen LogP contribution is 2.37. The van der Waals surface area contributed by atoms with E-state index in [4.69, 9.17) is 4.74 Å². The lowest BCUT2D eigenvalue weighted by atomic mass is 10.0. The Hall–Kier alpha value is -2.56. The lowest BCUT2D eigenvalue weighted by molar-refractivity contribution is 0.0732. The van der Waals surface area contributed by atoms with Crippen LogP contribution in [0.4, 0.5) is 0 Å². The van der Waals surface area contributed by atoms with Crippen molar-refractivity contribution in [2.75, 3.05) is 13.7 Å². The van der Waals surface area contributed by atoms with Gasteiger partial charge in [-0.1, -0.05) is 18.2 Å². The second-order valence-corrected chi connectivity index (χ2v) is 5.78. The molecule has 5 heteroatoms. The van der Waals surface area contributed by atoms with Crippen LogP contribution in [0.25, 0.3) is 0 Å². The lowest BCUT2D eigenvalue weighted by Gasteiger charge is -2.26. The van der Waals surface area contributed by atoms with E-state index < -0.39 is 0 Å². The van der Waals surface area contributed by atoms with Crippen LogP contribution in [0, 0.1) is 6.92 Å². The van der Waals surface area contributed by atoms with Gasteiger partial charge in [0, 0.05) is 30.1 Å². The molecule has 1 atom stereocenters. The predicted molar refractivity (Wildman–Crippen MR) is 87.8 cm³/mol. The summed E-state index contributed by atoms with van der Waals surface area (Å²) in [6.45, 7) is 2.35. The number of hydrogen-bond acceptors (Lipinski definition) is 3. The number of carbonyl (C=O) groups is 1. The van der Waals surface area contributed by atoms with E-state index in [0.29, 0.717) is 12.1 Å². The van der Waals surface area contributed by atoms with E-state index in [2.05, 4.69) is 4.98 Å². The molecule has 0 radical (unpaired) electrons. The van der Waals surface area contributed by atoms with Gasteiger partial charge in [0.2, 0.25) is 0 Å². The molecule has 2 aromatic rings. The normalized spacial score (nSPS) is 17.3. The van der Waals surface area contributed by atoms with Crippen molar-refractivity contribution in [3.63, 3.8) is 0 Å². The Labute approximate surface area is 134 Å². The third kappa shape index (κ3) is 2.74. The molecule has 1 aliphatic rings. The lowest BCUT2D eigenvalue weighted by Crippen LogP contribution is -2.34. The smallest absolute Gasteiger partial charge is 0.259 e. The number of hydrogen-bond donors (Lipinski definition) is 1. The van der Waals surface area contributed by atoms with Gasteiger partial charge in [0.05, 0.1) is 13.2 Å². The summed E-state index contributed by atoms with van der Waals surface area (Å²) in [5.41, 5.74) is 1.53. The van der Waals surface area contributed by atoms with Crippen LogP contribution in [0.15, 0.2) is 41.5 Å². The van der Waals surface area contributed by atoms with E-state index in [-0.39, 0.29) is 22.9 Å². The van der Waals surface area contributed by atoms with Gasteiger partial charge in [-0.3, -0.25) is 9.59 Å². The van der Waals surface area contributed by atoms with Crippen LogP contribution >= 0.6 is 0 Å². The number of para-hydroxylation sites is 1. The van der Waals surface area contributed by atoms with Crippen molar-refractivity contribution >= 4 is 5.91 Å². The van der Waals surface area contributed by atoms with Crippen molar-refractivity contribution in [3.8, 4) is 5.75 Å². The number of benzene rings is 1. The molecule has 3 rings (SSSR count). The summed E-state index contributed by atoms with van der Waals surface area (Å²) >= 11 is 0. The third-order valence-corrected chi connectivity index (χ3v) is 4.37. The molecule has 0 bridgehead atoms. The van der Waals surface area contributed by atoms with Gasteiger partial charge >= 0.3 is 0 Å². The molecule has 1 aliphatic heterocycles. The molecule has 23 heavy (non-hydrogen) atoms. The van der Waals surface area contributed by atoms with Crippen LogP contribution in [-0.2, 0) is 0 Å². The van der Waals surface area contributed by atoms with Crippen molar-refractivity contribution in [1.82, 2.24) is 9.88 Å². The largest absolute Gasteiger partial charge is 0.496 e. The van der Waals surface area contributed by atoms with E-state index in [1.54, 1.807) is 25.1 Å². The highest BCUT2D eigenvalue weighted by molar-refractivity contribution is 5.94. The minimum Gasteiger partial charge on any atom is -0.496 e. The zero-order valence-electron chi connectivity index (χ0n) is 13.3. The number of amides is 1. The third-order valence-electron chi connectivity index (χ3n) is 4.37. The first-order chi connectivity index (χ1) is 11.1. The van der Waals surface area contributed by atoms with E-state index in [0.717, 1.165) is 24.2 Å². The van der Waals surface area contributed by atoms with Crippen molar-refractivity contribution in [2.24, 2.45) is 0 Å². The molecular weight excluding hydrogens is 292 g/mol. The molecule has 0 saturated carbocycles. The molecule has 1 fully saturated rings. The maximum Gasteiger partial charge on any atom is 0.259 e. The molecule has 120 valence electrons. The van der Waals surface area contributed by atoms with Gasteiger partial charge in [-0.15, -0.1) is 0 Å². The molecule has 1 N–H and O–H groups in total. The number of aryl methyl sites for hydroxylation is 1. The highest BCUT2D eigenvalue weighted by Gasteiger charge is 2.33. The minimum atomic E-state index is -0.219. The van der Waals surface area contributed by atoms with Crippen LogP contribution in [0.3, 0.4) is 0 Å². The fraction of sp³-hybridized carbons (Fsp3) is 0.333. The number of aromatic amines is 1. The number of H-pyrrole nitrogens is 1. The number of ether oxygens (including phenoxy) is 1. The highest BCUT2D eigenvalue weighted by atomic mass is 16.5. The molecule has 1 saturated heterocycles. The minimum absolute atomic E-state index is 0.0569. The summed E-state index contributed by atoms with van der Waals surface area (Å²) in [5.74, 6) is 0.554. The molecule has 2 heterocycles. The number of nitrogens with zero attached hydrogens (tertiary/aromatic N) is 1. The van der Waals surface area contributed by atoms with E-state index in [9.17, 15) is 9.59 Å². The molecule has 1 aromatic heterocycles. The number of aromatic nitrogens is 1. The number of rotatable bonds is 3. The zero-order valence-corrected chi connectivity index (χ0v) is 13.3. The SMILES string of the molecule is COc1ccccc1C1CCCN1C(=O)c1c[nH]cc(C)c1=O. The summed E-state index contributed by atoms with van der Waals surface area (Å²) in [4.78, 5) is 29.8. The van der Waals surface area contributed by atoms with Crippen LogP contribution in [-0.4, -0.2) is 29.4 Å². The first-order valence-corrected chi connectivity index (χ1v) is 7.75. The molecule has 0 spiro atoms. The molecule has 1 amide bonds. The Morgan fingerprint density at radius 2 is 2.09 bits per heavy atom. The fourth-order valence-electron chi connectivity index (χ4n) is 3.18. The average Bonchev–Trinajstić information content (AvgIpc) is 3.06. The molecule has 1 unspecified atom stereocenters. The number of carbonyl (C=O) groups excluding carboxylic acids is 1. The summed E-state index contributed by atoms with van der Waals surface area (Å²) in [7, 11) is 1.63. The first-order valence-electron chi connectivity index (χ1n) is 7.75. The van der Waals surface area contributed by atoms with Crippen molar-refractivity contribution in [2.45, 2.75) is 25.8 Å². The molecular formula is C18H20N2O3. The van der Waals surface area contributed by atoms with Gasteiger partial charge in [0.15, 0.2) is 5.43 Å². The standard InChI is InChI=1S/C18H20N2O3/c1-12-10-19-11-14(17(12)21)18(22)20-9-5-7-15(20)13-6-3-4-8-16(13)23-2/h3-4,6,8,10-11,15H,5,7,9H2,1-2H3,(H,19,21). The Bertz CT molecular complexity index is 782. The summed E-state index contributed by atoms with van der Waals surface area (Å²) in [6, 6.07) is 7.68. The van der Waals surface area contributed by atoms with Crippen LogP contribution < -0.4 is 10.2 Å². The number of pyridine rings is 1. The van der Waals surface area contributed by atoms with Crippen LogP contribution in [0.2, 0.25) is 0 Å². The predicted octanol–water partition coefficient (Wildman–Crippen LogP) is 2.67. The Kier molecular flexibility index (Phi) is 4.19. The van der Waals surface area contributed by atoms with Gasteiger partial charge in [0.1, 0.15) is 11.3 Å². The summed E-state index contributed by atoms with van der Waals surface area (Å²) in [5, 5.41) is 0. The fourth-order valence-corrected chi connectivity index (χ4v) is 3.18. The maximum absolute atomic E-state index is 12.9. The van der Waals surface area contributed by atoms with E-state index in [1.165, 1.54) is 6.20 Å². The summed E-state index contributed by atoms with van der Waals surface area (Å²) < 4.78 is 5.43. The Morgan fingerprint density at radius 3 is 2.87 bits per heavy atom. The topological polar surface area (TPSA) is 62.4 Å².